The molecule has 1 aliphatic rings. The Hall–Kier alpha value is -1.62. The lowest BCUT2D eigenvalue weighted by atomic mass is 9.99. The number of hydrogen-bond acceptors (Lipinski definition) is 3. The zero-order valence-electron chi connectivity index (χ0n) is 9.76. The van der Waals surface area contributed by atoms with Crippen LogP contribution >= 0.6 is 11.5 Å². The number of rotatable bonds is 2. The van der Waals surface area contributed by atoms with E-state index in [1.165, 1.54) is 15.5 Å². The van der Waals surface area contributed by atoms with Crippen LogP contribution in [0.2, 0.25) is 0 Å². The molecule has 0 amide bonds. The molecule has 3 rings (SSSR count). The van der Waals surface area contributed by atoms with Gasteiger partial charge in [-0.25, -0.2) is 8.75 Å². The van der Waals surface area contributed by atoms with Gasteiger partial charge in [-0.1, -0.05) is 36.5 Å². The highest BCUT2D eigenvalue weighted by Crippen LogP contribution is 2.38. The Labute approximate surface area is 108 Å². The molecule has 4 nitrogen and oxygen atoms in total. The minimum absolute atomic E-state index is 0.167. The third-order valence-electron chi connectivity index (χ3n) is 3.71. The lowest BCUT2D eigenvalue weighted by Gasteiger charge is -2.23. The molecule has 2 aromatic rings. The zero-order chi connectivity index (χ0) is 12.8. The molecule has 1 fully saturated rings. The number of fused-ring (bicyclic) bond motifs is 1. The number of carbonyl (C=O) groups is 1. The van der Waals surface area contributed by atoms with Crippen LogP contribution in [-0.4, -0.2) is 15.0 Å². The van der Waals surface area contributed by atoms with E-state index < -0.39 is 11.5 Å². The van der Waals surface area contributed by atoms with E-state index in [1.54, 1.807) is 6.07 Å². The maximum Gasteiger partial charge on any atom is 0.330 e. The molecule has 1 heterocycles. The second-order valence-corrected chi connectivity index (χ2v) is 5.72. The molecule has 0 spiro atoms. The topological polar surface area (TPSA) is 59.3 Å². The van der Waals surface area contributed by atoms with Crippen LogP contribution in [0.5, 0.6) is 0 Å². The Morgan fingerprint density at radius 2 is 1.94 bits per heavy atom. The number of carboxylic acid groups (broad SMARTS) is 1. The van der Waals surface area contributed by atoms with Gasteiger partial charge in [0.2, 0.25) is 0 Å². The zero-order valence-corrected chi connectivity index (χ0v) is 10.6. The second-order valence-electron chi connectivity index (χ2n) is 4.73. The van der Waals surface area contributed by atoms with Crippen LogP contribution in [0.3, 0.4) is 0 Å². The molecule has 1 aliphatic carbocycles. The lowest BCUT2D eigenvalue weighted by Crippen LogP contribution is -2.42. The van der Waals surface area contributed by atoms with Crippen LogP contribution in [0.4, 0.5) is 0 Å². The summed E-state index contributed by atoms with van der Waals surface area (Å²) in [7, 11) is 0. The average Bonchev–Trinajstić information content (AvgIpc) is 2.96. The van der Waals surface area contributed by atoms with Gasteiger partial charge in [-0.15, -0.1) is 0 Å². The molecule has 0 bridgehead atoms. The van der Waals surface area contributed by atoms with E-state index in [2.05, 4.69) is 0 Å². The van der Waals surface area contributed by atoms with E-state index >= 15 is 0 Å². The minimum atomic E-state index is -1.01. The van der Waals surface area contributed by atoms with Crippen molar-refractivity contribution in [2.45, 2.75) is 31.2 Å². The lowest BCUT2D eigenvalue weighted by molar-refractivity contribution is -0.146. The summed E-state index contributed by atoms with van der Waals surface area (Å²) in [6.45, 7) is 0. The maximum atomic E-state index is 12.3. The van der Waals surface area contributed by atoms with Crippen LogP contribution in [-0.2, 0) is 10.3 Å². The number of aromatic nitrogens is 1. The molecule has 94 valence electrons. The Morgan fingerprint density at radius 3 is 2.56 bits per heavy atom. The number of benzene rings is 1. The number of hydrogen-bond donors (Lipinski definition) is 1. The van der Waals surface area contributed by atoms with Crippen LogP contribution in [0.1, 0.15) is 25.7 Å². The van der Waals surface area contributed by atoms with Crippen molar-refractivity contribution in [3.05, 3.63) is 34.6 Å². The molecule has 1 aromatic carbocycles. The number of nitrogens with zero attached hydrogens (tertiary/aromatic N) is 1. The monoisotopic (exact) mass is 263 g/mol. The molecule has 0 radical (unpaired) electrons. The minimum Gasteiger partial charge on any atom is -0.479 e. The van der Waals surface area contributed by atoms with Gasteiger partial charge in [0.25, 0.3) is 5.56 Å². The summed E-state index contributed by atoms with van der Waals surface area (Å²) in [6, 6.07) is 7.30. The largest absolute Gasteiger partial charge is 0.479 e. The summed E-state index contributed by atoms with van der Waals surface area (Å²) in [6.07, 6.45) is 2.84. The van der Waals surface area contributed by atoms with Gasteiger partial charge in [-0.3, -0.25) is 4.79 Å². The number of carboxylic acids is 1. The second kappa shape index (κ2) is 3.95. The highest BCUT2D eigenvalue weighted by molar-refractivity contribution is 7.14. The average molecular weight is 263 g/mol. The van der Waals surface area contributed by atoms with Gasteiger partial charge in [-0.2, -0.15) is 0 Å². The fourth-order valence-corrected chi connectivity index (χ4v) is 3.92. The highest BCUT2D eigenvalue weighted by Gasteiger charge is 2.45. The third-order valence-corrected chi connectivity index (χ3v) is 4.96. The van der Waals surface area contributed by atoms with E-state index in [-0.39, 0.29) is 5.56 Å². The maximum absolute atomic E-state index is 12.3. The molecule has 5 heteroatoms. The third kappa shape index (κ3) is 1.43. The number of aliphatic carboxylic acids is 1. The van der Waals surface area contributed by atoms with E-state index in [4.69, 9.17) is 0 Å². The van der Waals surface area contributed by atoms with Crippen molar-refractivity contribution >= 4 is 27.6 Å². The van der Waals surface area contributed by atoms with Crippen molar-refractivity contribution in [1.29, 1.82) is 0 Å². The molecule has 0 atom stereocenters. The van der Waals surface area contributed by atoms with Crippen LogP contribution in [0.25, 0.3) is 10.1 Å². The van der Waals surface area contributed by atoms with Crippen molar-refractivity contribution in [2.24, 2.45) is 0 Å². The summed E-state index contributed by atoms with van der Waals surface area (Å²) >= 11 is 1.27. The van der Waals surface area contributed by atoms with Crippen molar-refractivity contribution in [3.63, 3.8) is 0 Å². The molecule has 1 saturated carbocycles. The molecular formula is C13H13NO3S. The molecular weight excluding hydrogens is 250 g/mol. The van der Waals surface area contributed by atoms with E-state index in [1.807, 2.05) is 18.2 Å². The summed E-state index contributed by atoms with van der Waals surface area (Å²) in [5.74, 6) is -0.881. The Balaban J connectivity index is 2.28. The van der Waals surface area contributed by atoms with Gasteiger partial charge in [0.15, 0.2) is 5.54 Å². The fourth-order valence-electron chi connectivity index (χ4n) is 2.72. The fraction of sp³-hybridized carbons (Fsp3) is 0.385. The van der Waals surface area contributed by atoms with Crippen molar-refractivity contribution in [1.82, 2.24) is 3.96 Å². The molecule has 0 unspecified atom stereocenters. The van der Waals surface area contributed by atoms with Gasteiger partial charge in [0.05, 0.1) is 10.1 Å². The van der Waals surface area contributed by atoms with E-state index in [0.717, 1.165) is 17.5 Å². The standard InChI is InChI=1S/C13H13NO3S/c15-11-9-5-1-2-6-10(9)18-14(11)13(12(16)17)7-3-4-8-13/h1-2,5-6H,3-4,7-8H2,(H,16,17). The first kappa shape index (κ1) is 11.5. The predicted molar refractivity (Wildman–Crippen MR) is 70.2 cm³/mol. The van der Waals surface area contributed by atoms with Crippen LogP contribution < -0.4 is 5.56 Å². The van der Waals surface area contributed by atoms with Crippen molar-refractivity contribution < 1.29 is 9.90 Å². The predicted octanol–water partition coefficient (Wildman–Crippen LogP) is 2.42. The molecule has 0 saturated heterocycles. The first-order valence-electron chi connectivity index (χ1n) is 6.00. The molecule has 0 aliphatic heterocycles. The smallest absolute Gasteiger partial charge is 0.330 e. The van der Waals surface area contributed by atoms with Crippen LogP contribution in [0.15, 0.2) is 29.1 Å². The molecule has 18 heavy (non-hydrogen) atoms. The molecule has 1 N–H and O–H groups in total. The first-order valence-corrected chi connectivity index (χ1v) is 6.77. The summed E-state index contributed by atoms with van der Waals surface area (Å²) in [4.78, 5) is 23.9. The van der Waals surface area contributed by atoms with Crippen LogP contribution in [0, 0.1) is 0 Å². The van der Waals surface area contributed by atoms with Gasteiger partial charge in [-0.05, 0) is 25.0 Å². The Morgan fingerprint density at radius 1 is 1.28 bits per heavy atom. The molecule has 1 aromatic heterocycles. The van der Waals surface area contributed by atoms with Crippen molar-refractivity contribution in [2.75, 3.05) is 0 Å². The van der Waals surface area contributed by atoms with Gasteiger partial charge < -0.3 is 5.11 Å². The quantitative estimate of drug-likeness (QED) is 0.905. The summed E-state index contributed by atoms with van der Waals surface area (Å²) in [5, 5.41) is 10.1. The highest BCUT2D eigenvalue weighted by atomic mass is 32.1. The van der Waals surface area contributed by atoms with Crippen molar-refractivity contribution in [3.8, 4) is 0 Å². The SMILES string of the molecule is O=C(O)C1(n2sc3ccccc3c2=O)CCCC1. The van der Waals surface area contributed by atoms with Gasteiger partial charge in [0.1, 0.15) is 0 Å². The first-order chi connectivity index (χ1) is 8.65. The van der Waals surface area contributed by atoms with Gasteiger partial charge >= 0.3 is 5.97 Å². The van der Waals surface area contributed by atoms with Gasteiger partial charge in [0, 0.05) is 0 Å². The summed E-state index contributed by atoms with van der Waals surface area (Å²) < 4.78 is 2.34. The normalized spacial score (nSPS) is 18.2. The Kier molecular flexibility index (Phi) is 2.52. The van der Waals surface area contributed by atoms with E-state index in [0.29, 0.717) is 18.2 Å². The van der Waals surface area contributed by atoms with E-state index in [9.17, 15) is 14.7 Å². The Bertz CT molecular complexity index is 664. The summed E-state index contributed by atoms with van der Waals surface area (Å²) in [5.41, 5.74) is -1.18.